The Hall–Kier alpha value is -1.31. The summed E-state index contributed by atoms with van der Waals surface area (Å²) in [5, 5.41) is 0. The predicted molar refractivity (Wildman–Crippen MR) is 77.7 cm³/mol. The van der Waals surface area contributed by atoms with Gasteiger partial charge in [0.05, 0.1) is 6.61 Å². The molecule has 0 heterocycles. The van der Waals surface area contributed by atoms with Crippen molar-refractivity contribution in [3.63, 3.8) is 0 Å². The van der Waals surface area contributed by atoms with Crippen molar-refractivity contribution < 1.29 is 9.53 Å². The third kappa shape index (κ3) is 4.09. The van der Waals surface area contributed by atoms with E-state index in [2.05, 4.69) is 6.92 Å². The Balaban J connectivity index is 1.84. The van der Waals surface area contributed by atoms with Crippen LogP contribution in [0.15, 0.2) is 24.3 Å². The van der Waals surface area contributed by atoms with Gasteiger partial charge in [-0.05, 0) is 48.9 Å². The van der Waals surface area contributed by atoms with E-state index in [1.807, 2.05) is 31.2 Å². The lowest BCUT2D eigenvalue weighted by molar-refractivity contribution is 0.0988. The summed E-state index contributed by atoms with van der Waals surface area (Å²) in [6, 6.07) is 7.56. The minimum absolute atomic E-state index is 0.188. The maximum Gasteiger partial charge on any atom is 0.162 e. The van der Waals surface area contributed by atoms with Gasteiger partial charge in [-0.25, -0.2) is 0 Å². The first-order valence-corrected chi connectivity index (χ1v) is 7.45. The summed E-state index contributed by atoms with van der Waals surface area (Å²) in [6.45, 7) is 5.03. The lowest BCUT2D eigenvalue weighted by Gasteiger charge is -2.26. The molecule has 0 aromatic heterocycles. The van der Waals surface area contributed by atoms with Gasteiger partial charge in [-0.15, -0.1) is 0 Å². The topological polar surface area (TPSA) is 26.3 Å². The van der Waals surface area contributed by atoms with Gasteiger partial charge in [0, 0.05) is 12.0 Å². The number of ketones is 1. The van der Waals surface area contributed by atoms with Crippen LogP contribution in [0.2, 0.25) is 0 Å². The van der Waals surface area contributed by atoms with Gasteiger partial charge >= 0.3 is 0 Å². The molecule has 104 valence electrons. The van der Waals surface area contributed by atoms with Crippen molar-refractivity contribution in [1.82, 2.24) is 0 Å². The van der Waals surface area contributed by atoms with Crippen LogP contribution in [-0.4, -0.2) is 12.4 Å². The second-order valence-corrected chi connectivity index (χ2v) is 5.75. The van der Waals surface area contributed by atoms with Crippen LogP contribution in [0, 0.1) is 11.8 Å². The molecule has 0 aliphatic heterocycles. The second kappa shape index (κ2) is 6.74. The van der Waals surface area contributed by atoms with E-state index < -0.39 is 0 Å². The summed E-state index contributed by atoms with van der Waals surface area (Å²) < 4.78 is 5.85. The first-order chi connectivity index (χ1) is 9.19. The largest absolute Gasteiger partial charge is 0.493 e. The Morgan fingerprint density at radius 2 is 2.00 bits per heavy atom. The van der Waals surface area contributed by atoms with Gasteiger partial charge in [-0.2, -0.15) is 0 Å². The zero-order valence-corrected chi connectivity index (χ0v) is 12.0. The molecule has 1 aromatic rings. The van der Waals surface area contributed by atoms with Gasteiger partial charge in [-0.1, -0.05) is 26.7 Å². The molecule has 1 aliphatic carbocycles. The summed E-state index contributed by atoms with van der Waals surface area (Å²) in [4.78, 5) is 11.5. The van der Waals surface area contributed by atoms with E-state index in [4.69, 9.17) is 4.74 Å². The first kappa shape index (κ1) is 14.1. The molecule has 19 heavy (non-hydrogen) atoms. The highest BCUT2D eigenvalue weighted by molar-refractivity contribution is 5.95. The Morgan fingerprint density at radius 1 is 1.26 bits per heavy atom. The van der Waals surface area contributed by atoms with Crippen LogP contribution in [0.3, 0.4) is 0 Å². The van der Waals surface area contributed by atoms with Crippen LogP contribution in [-0.2, 0) is 0 Å². The number of carbonyl (C=O) groups is 1. The zero-order valence-electron chi connectivity index (χ0n) is 12.0. The van der Waals surface area contributed by atoms with Gasteiger partial charge < -0.3 is 4.74 Å². The van der Waals surface area contributed by atoms with Gasteiger partial charge in [0.15, 0.2) is 5.78 Å². The highest BCUT2D eigenvalue weighted by atomic mass is 16.5. The molecule has 0 radical (unpaired) electrons. The summed E-state index contributed by atoms with van der Waals surface area (Å²) in [5.74, 6) is 2.60. The average molecular weight is 260 g/mol. The first-order valence-electron chi connectivity index (χ1n) is 7.45. The van der Waals surface area contributed by atoms with Crippen LogP contribution in [0.25, 0.3) is 0 Å². The molecule has 1 aliphatic rings. The molecule has 0 amide bonds. The Kier molecular flexibility index (Phi) is 5.00. The number of benzene rings is 1. The number of ether oxygens (including phenoxy) is 1. The average Bonchev–Trinajstić information content (AvgIpc) is 2.45. The van der Waals surface area contributed by atoms with E-state index in [0.29, 0.717) is 12.3 Å². The van der Waals surface area contributed by atoms with Crippen molar-refractivity contribution in [3.8, 4) is 5.75 Å². The minimum atomic E-state index is 0.188. The van der Waals surface area contributed by atoms with Crippen molar-refractivity contribution in [2.45, 2.75) is 46.0 Å². The fourth-order valence-corrected chi connectivity index (χ4v) is 2.87. The summed E-state index contributed by atoms with van der Waals surface area (Å²) in [7, 11) is 0. The van der Waals surface area contributed by atoms with Crippen molar-refractivity contribution >= 4 is 5.78 Å². The smallest absolute Gasteiger partial charge is 0.162 e. The van der Waals surface area contributed by atoms with Gasteiger partial charge in [0.1, 0.15) is 5.75 Å². The number of hydrogen-bond donors (Lipinski definition) is 0. The van der Waals surface area contributed by atoms with E-state index in [1.54, 1.807) is 0 Å². The number of rotatable bonds is 5. The highest BCUT2D eigenvalue weighted by Crippen LogP contribution is 2.29. The molecular formula is C17H24O2. The predicted octanol–water partition coefficient (Wildman–Crippen LogP) is 4.48. The molecule has 2 nitrogen and oxygen atoms in total. The molecule has 0 spiro atoms. The molecule has 2 unspecified atom stereocenters. The summed E-state index contributed by atoms with van der Waals surface area (Å²) in [6.07, 6.45) is 5.83. The maximum absolute atomic E-state index is 11.5. The van der Waals surface area contributed by atoms with Gasteiger partial charge in [0.25, 0.3) is 0 Å². The fraction of sp³-hybridized carbons (Fsp3) is 0.588. The van der Waals surface area contributed by atoms with E-state index in [9.17, 15) is 4.79 Å². The Morgan fingerprint density at radius 3 is 2.63 bits per heavy atom. The summed E-state index contributed by atoms with van der Waals surface area (Å²) >= 11 is 0. The van der Waals surface area contributed by atoms with E-state index >= 15 is 0 Å². The summed E-state index contributed by atoms with van der Waals surface area (Å²) in [5.41, 5.74) is 0.779. The van der Waals surface area contributed by atoms with Crippen molar-refractivity contribution in [1.29, 1.82) is 0 Å². The maximum atomic E-state index is 11.5. The number of carbonyl (C=O) groups excluding carboxylic acids is 1. The third-order valence-electron chi connectivity index (χ3n) is 4.03. The van der Waals surface area contributed by atoms with Crippen LogP contribution in [0.5, 0.6) is 5.75 Å². The molecule has 2 heteroatoms. The second-order valence-electron chi connectivity index (χ2n) is 5.75. The zero-order chi connectivity index (χ0) is 13.7. The van der Waals surface area contributed by atoms with Crippen molar-refractivity contribution in [2.75, 3.05) is 6.61 Å². The molecule has 0 bridgehead atoms. The van der Waals surface area contributed by atoms with Crippen LogP contribution >= 0.6 is 0 Å². The van der Waals surface area contributed by atoms with Crippen LogP contribution in [0.1, 0.15) is 56.3 Å². The molecule has 2 atom stereocenters. The standard InChI is InChI=1S/C17H24O2/c1-3-17(18)15-7-9-16(10-8-15)19-12-14-6-4-5-13(2)11-14/h7-10,13-14H,3-6,11-12H2,1-2H3. The quantitative estimate of drug-likeness (QED) is 0.729. The number of hydrogen-bond acceptors (Lipinski definition) is 2. The molecule has 0 N–H and O–H groups in total. The lowest BCUT2D eigenvalue weighted by atomic mass is 9.83. The molecule has 2 rings (SSSR count). The molecule has 0 saturated heterocycles. The highest BCUT2D eigenvalue weighted by Gasteiger charge is 2.19. The van der Waals surface area contributed by atoms with Crippen LogP contribution in [0.4, 0.5) is 0 Å². The van der Waals surface area contributed by atoms with Gasteiger partial charge in [-0.3, -0.25) is 4.79 Å². The number of Topliss-reactive ketones (excluding diaryl/α,β-unsaturated/α-hetero) is 1. The molecule has 1 fully saturated rings. The fourth-order valence-electron chi connectivity index (χ4n) is 2.87. The van der Waals surface area contributed by atoms with E-state index in [0.717, 1.165) is 23.8 Å². The van der Waals surface area contributed by atoms with Crippen molar-refractivity contribution in [3.05, 3.63) is 29.8 Å². The molecular weight excluding hydrogens is 236 g/mol. The van der Waals surface area contributed by atoms with Crippen LogP contribution < -0.4 is 4.74 Å². The Labute approximate surface area is 116 Å². The SMILES string of the molecule is CCC(=O)c1ccc(OCC2CCCC(C)C2)cc1. The minimum Gasteiger partial charge on any atom is -0.493 e. The van der Waals surface area contributed by atoms with E-state index in [-0.39, 0.29) is 5.78 Å². The lowest BCUT2D eigenvalue weighted by Crippen LogP contribution is -2.19. The van der Waals surface area contributed by atoms with Gasteiger partial charge in [0.2, 0.25) is 0 Å². The third-order valence-corrected chi connectivity index (χ3v) is 4.03. The Bertz CT molecular complexity index is 408. The van der Waals surface area contributed by atoms with E-state index in [1.165, 1.54) is 25.7 Å². The normalized spacial score (nSPS) is 23.1. The monoisotopic (exact) mass is 260 g/mol. The molecule has 1 aromatic carbocycles. The van der Waals surface area contributed by atoms with Crippen molar-refractivity contribution in [2.24, 2.45) is 11.8 Å². The molecule has 1 saturated carbocycles.